The third-order valence-corrected chi connectivity index (χ3v) is 3.50. The second-order valence-corrected chi connectivity index (χ2v) is 5.17. The predicted molar refractivity (Wildman–Crippen MR) is 67.7 cm³/mol. The van der Waals surface area contributed by atoms with Crippen LogP contribution in [0.25, 0.3) is 0 Å². The predicted octanol–water partition coefficient (Wildman–Crippen LogP) is -0.462. The molecule has 1 heterocycles. The van der Waals surface area contributed by atoms with E-state index >= 15 is 0 Å². The number of rotatable bonds is 6. The standard InChI is InChI=1S/C10H16N4O3S/c1-8(15)12-6-7-14-18(16,17)10-9(11-2)4-3-5-13-10/h3-5,11,14H,6-7H2,1-2H3,(H,12,15). The van der Waals surface area contributed by atoms with E-state index in [9.17, 15) is 13.2 Å². The van der Waals surface area contributed by atoms with E-state index in [0.717, 1.165) is 0 Å². The van der Waals surface area contributed by atoms with Crippen LogP contribution in [-0.4, -0.2) is 39.4 Å². The molecule has 0 aliphatic rings. The summed E-state index contributed by atoms with van der Waals surface area (Å²) in [5, 5.41) is 5.20. The summed E-state index contributed by atoms with van der Waals surface area (Å²) < 4.78 is 26.2. The lowest BCUT2D eigenvalue weighted by atomic mass is 10.4. The van der Waals surface area contributed by atoms with E-state index in [1.54, 1.807) is 19.2 Å². The average molecular weight is 272 g/mol. The van der Waals surface area contributed by atoms with E-state index in [2.05, 4.69) is 20.3 Å². The quantitative estimate of drug-likeness (QED) is 0.608. The molecule has 0 radical (unpaired) electrons. The van der Waals surface area contributed by atoms with Crippen molar-refractivity contribution >= 4 is 21.6 Å². The molecule has 7 nitrogen and oxygen atoms in total. The van der Waals surface area contributed by atoms with Gasteiger partial charge in [0.1, 0.15) is 0 Å². The molecule has 1 rings (SSSR count). The number of carbonyl (C=O) groups is 1. The van der Waals surface area contributed by atoms with Crippen molar-refractivity contribution in [1.29, 1.82) is 0 Å². The van der Waals surface area contributed by atoms with Crippen molar-refractivity contribution in [1.82, 2.24) is 15.0 Å². The Bertz CT molecular complexity index is 516. The summed E-state index contributed by atoms with van der Waals surface area (Å²) in [5.41, 5.74) is 0.421. The second kappa shape index (κ2) is 6.31. The van der Waals surface area contributed by atoms with E-state index in [-0.39, 0.29) is 24.0 Å². The van der Waals surface area contributed by atoms with Gasteiger partial charge in [0.2, 0.25) is 5.91 Å². The summed E-state index contributed by atoms with van der Waals surface area (Å²) in [7, 11) is -2.06. The van der Waals surface area contributed by atoms with E-state index in [1.807, 2.05) is 0 Å². The van der Waals surface area contributed by atoms with E-state index in [1.165, 1.54) is 13.1 Å². The maximum atomic E-state index is 11.9. The lowest BCUT2D eigenvalue weighted by molar-refractivity contribution is -0.118. The van der Waals surface area contributed by atoms with Gasteiger partial charge < -0.3 is 10.6 Å². The molecule has 0 atom stereocenters. The first kappa shape index (κ1) is 14.4. The largest absolute Gasteiger partial charge is 0.386 e. The summed E-state index contributed by atoms with van der Waals surface area (Å²) in [5.74, 6) is -0.206. The fraction of sp³-hybridized carbons (Fsp3) is 0.400. The minimum Gasteiger partial charge on any atom is -0.386 e. The number of hydrogen-bond acceptors (Lipinski definition) is 5. The lowest BCUT2D eigenvalue weighted by Gasteiger charge is -2.09. The van der Waals surface area contributed by atoms with Crippen LogP contribution in [0.5, 0.6) is 0 Å². The fourth-order valence-corrected chi connectivity index (χ4v) is 2.45. The van der Waals surface area contributed by atoms with Crippen LogP contribution in [0.3, 0.4) is 0 Å². The Morgan fingerprint density at radius 2 is 2.11 bits per heavy atom. The molecule has 3 N–H and O–H groups in total. The molecule has 0 saturated carbocycles. The topological polar surface area (TPSA) is 100 Å². The highest BCUT2D eigenvalue weighted by molar-refractivity contribution is 7.89. The van der Waals surface area contributed by atoms with Crippen molar-refractivity contribution in [2.24, 2.45) is 0 Å². The van der Waals surface area contributed by atoms with Gasteiger partial charge in [-0.15, -0.1) is 0 Å². The number of amides is 1. The normalized spacial score (nSPS) is 11.0. The van der Waals surface area contributed by atoms with Crippen molar-refractivity contribution in [3.05, 3.63) is 18.3 Å². The summed E-state index contributed by atoms with van der Waals surface area (Å²) >= 11 is 0. The lowest BCUT2D eigenvalue weighted by Crippen LogP contribution is -2.34. The molecule has 0 fully saturated rings. The van der Waals surface area contributed by atoms with Crippen LogP contribution in [0.15, 0.2) is 23.4 Å². The summed E-state index contributed by atoms with van der Waals surface area (Å²) in [6.45, 7) is 1.71. The second-order valence-electron chi connectivity index (χ2n) is 3.49. The van der Waals surface area contributed by atoms with Gasteiger partial charge >= 0.3 is 0 Å². The molecule has 1 aromatic heterocycles. The Labute approximate surface area is 106 Å². The number of pyridine rings is 1. The molecule has 1 aromatic rings. The molecule has 0 aliphatic carbocycles. The number of aromatic nitrogens is 1. The first-order chi connectivity index (χ1) is 8.47. The van der Waals surface area contributed by atoms with Crippen LogP contribution in [0.4, 0.5) is 5.69 Å². The number of sulfonamides is 1. The Kier molecular flexibility index (Phi) is 5.05. The van der Waals surface area contributed by atoms with Crippen LogP contribution in [-0.2, 0) is 14.8 Å². The molecule has 0 saturated heterocycles. The fourth-order valence-electron chi connectivity index (χ4n) is 1.29. The molecule has 18 heavy (non-hydrogen) atoms. The summed E-state index contributed by atoms with van der Waals surface area (Å²) in [4.78, 5) is 14.5. The third-order valence-electron chi connectivity index (χ3n) is 2.09. The van der Waals surface area contributed by atoms with Crippen LogP contribution in [0.2, 0.25) is 0 Å². The molecular weight excluding hydrogens is 256 g/mol. The summed E-state index contributed by atoms with van der Waals surface area (Å²) in [6, 6.07) is 3.26. The zero-order valence-corrected chi connectivity index (χ0v) is 11.0. The Morgan fingerprint density at radius 3 is 2.72 bits per heavy atom. The van der Waals surface area contributed by atoms with Gasteiger partial charge in [0.05, 0.1) is 5.69 Å². The molecule has 0 unspecified atom stereocenters. The summed E-state index contributed by atoms with van der Waals surface area (Å²) in [6.07, 6.45) is 1.41. The molecular formula is C10H16N4O3S. The van der Waals surface area contributed by atoms with Gasteiger partial charge in [0.15, 0.2) is 5.03 Å². The van der Waals surface area contributed by atoms with Gasteiger partial charge in [-0.3, -0.25) is 4.79 Å². The smallest absolute Gasteiger partial charge is 0.260 e. The molecule has 0 aromatic carbocycles. The minimum absolute atomic E-state index is 0.0599. The third kappa shape index (κ3) is 3.97. The number of nitrogens with one attached hydrogen (secondary N) is 3. The maximum absolute atomic E-state index is 11.9. The van der Waals surface area contributed by atoms with E-state index in [4.69, 9.17) is 0 Å². The molecule has 0 spiro atoms. The van der Waals surface area contributed by atoms with Crippen molar-refractivity contribution in [3.63, 3.8) is 0 Å². The zero-order valence-electron chi connectivity index (χ0n) is 10.2. The van der Waals surface area contributed by atoms with E-state index in [0.29, 0.717) is 5.69 Å². The van der Waals surface area contributed by atoms with Gasteiger partial charge in [-0.2, -0.15) is 0 Å². The highest BCUT2D eigenvalue weighted by atomic mass is 32.2. The Hall–Kier alpha value is -1.67. The highest BCUT2D eigenvalue weighted by Crippen LogP contribution is 2.16. The Balaban J connectivity index is 2.71. The Morgan fingerprint density at radius 1 is 1.39 bits per heavy atom. The molecule has 100 valence electrons. The average Bonchev–Trinajstić information content (AvgIpc) is 2.34. The molecule has 0 bridgehead atoms. The van der Waals surface area contributed by atoms with Gasteiger partial charge in [-0.25, -0.2) is 18.1 Å². The van der Waals surface area contributed by atoms with Crippen molar-refractivity contribution in [3.8, 4) is 0 Å². The minimum atomic E-state index is -3.68. The monoisotopic (exact) mass is 272 g/mol. The maximum Gasteiger partial charge on any atom is 0.260 e. The van der Waals surface area contributed by atoms with Gasteiger partial charge in [0, 0.05) is 33.3 Å². The van der Waals surface area contributed by atoms with Crippen molar-refractivity contribution in [2.45, 2.75) is 11.9 Å². The number of nitrogens with zero attached hydrogens (tertiary/aromatic N) is 1. The van der Waals surface area contributed by atoms with Crippen LogP contribution in [0, 0.1) is 0 Å². The molecule has 0 aliphatic heterocycles. The number of anilines is 1. The van der Waals surface area contributed by atoms with Crippen LogP contribution >= 0.6 is 0 Å². The van der Waals surface area contributed by atoms with Gasteiger partial charge in [0.25, 0.3) is 10.0 Å². The van der Waals surface area contributed by atoms with Crippen LogP contribution in [0.1, 0.15) is 6.92 Å². The van der Waals surface area contributed by atoms with E-state index < -0.39 is 10.0 Å². The molecule has 1 amide bonds. The number of carbonyl (C=O) groups excluding carboxylic acids is 1. The van der Waals surface area contributed by atoms with Gasteiger partial charge in [-0.05, 0) is 12.1 Å². The molecule has 8 heteroatoms. The highest BCUT2D eigenvalue weighted by Gasteiger charge is 2.18. The SMILES string of the molecule is CNc1cccnc1S(=O)(=O)NCCNC(C)=O. The first-order valence-corrected chi connectivity index (χ1v) is 6.82. The number of hydrogen-bond donors (Lipinski definition) is 3. The van der Waals surface area contributed by atoms with Crippen molar-refractivity contribution < 1.29 is 13.2 Å². The zero-order chi connectivity index (χ0) is 13.6. The van der Waals surface area contributed by atoms with Gasteiger partial charge in [-0.1, -0.05) is 0 Å². The first-order valence-electron chi connectivity index (χ1n) is 5.34. The van der Waals surface area contributed by atoms with Crippen molar-refractivity contribution in [2.75, 3.05) is 25.5 Å². The van der Waals surface area contributed by atoms with Crippen LogP contribution < -0.4 is 15.4 Å².